The first-order valence-electron chi connectivity index (χ1n) is 8.79. The summed E-state index contributed by atoms with van der Waals surface area (Å²) in [5, 5.41) is 3.31. The summed E-state index contributed by atoms with van der Waals surface area (Å²) in [5.41, 5.74) is 5.02. The molecule has 0 aliphatic carbocycles. The van der Waals surface area contributed by atoms with E-state index in [1.165, 1.54) is 38.9 Å². The third kappa shape index (κ3) is 6.35. The number of hydrogen-bond acceptors (Lipinski definition) is 3. The molecule has 1 saturated heterocycles. The zero-order valence-electron chi connectivity index (χ0n) is 14.3. The minimum Gasteiger partial charge on any atom is -0.368 e. The highest BCUT2D eigenvalue weighted by Gasteiger charge is 2.29. The van der Waals surface area contributed by atoms with E-state index in [1.54, 1.807) is 0 Å². The SMILES string of the molecule is CCCNC(C)(CCCCN1CCC(CC)CC1)C(N)=O. The minimum absolute atomic E-state index is 0.222. The number of carbonyl (C=O) groups excluding carboxylic acids is 1. The Labute approximate surface area is 130 Å². The van der Waals surface area contributed by atoms with E-state index in [0.717, 1.165) is 38.1 Å². The number of carbonyl (C=O) groups is 1. The maximum absolute atomic E-state index is 11.6. The Hall–Kier alpha value is -0.610. The second-order valence-electron chi connectivity index (χ2n) is 6.77. The van der Waals surface area contributed by atoms with E-state index in [2.05, 4.69) is 24.1 Å². The van der Waals surface area contributed by atoms with Crippen molar-refractivity contribution < 1.29 is 4.79 Å². The topological polar surface area (TPSA) is 58.4 Å². The van der Waals surface area contributed by atoms with E-state index in [1.807, 2.05) is 6.92 Å². The summed E-state index contributed by atoms with van der Waals surface area (Å²) in [5.74, 6) is 0.720. The van der Waals surface area contributed by atoms with Gasteiger partial charge in [-0.25, -0.2) is 0 Å². The number of hydrogen-bond donors (Lipinski definition) is 2. The van der Waals surface area contributed by atoms with Crippen LogP contribution >= 0.6 is 0 Å². The number of likely N-dealkylation sites (tertiary alicyclic amines) is 1. The van der Waals surface area contributed by atoms with Gasteiger partial charge in [0.1, 0.15) is 0 Å². The number of rotatable bonds is 10. The van der Waals surface area contributed by atoms with Crippen molar-refractivity contribution in [2.75, 3.05) is 26.2 Å². The molecule has 1 amide bonds. The van der Waals surface area contributed by atoms with Gasteiger partial charge in [0.15, 0.2) is 0 Å². The average molecular weight is 297 g/mol. The van der Waals surface area contributed by atoms with E-state index in [0.29, 0.717) is 0 Å². The van der Waals surface area contributed by atoms with Crippen LogP contribution in [0.3, 0.4) is 0 Å². The molecule has 0 saturated carbocycles. The van der Waals surface area contributed by atoms with E-state index < -0.39 is 5.54 Å². The number of primary amides is 1. The fourth-order valence-corrected chi connectivity index (χ4v) is 3.13. The highest BCUT2D eigenvalue weighted by atomic mass is 16.1. The normalized spacial score (nSPS) is 20.3. The van der Waals surface area contributed by atoms with Crippen molar-refractivity contribution in [3.05, 3.63) is 0 Å². The molecular weight excluding hydrogens is 262 g/mol. The maximum Gasteiger partial charge on any atom is 0.237 e. The van der Waals surface area contributed by atoms with Crippen molar-refractivity contribution in [1.82, 2.24) is 10.2 Å². The summed E-state index contributed by atoms with van der Waals surface area (Å²) < 4.78 is 0. The summed E-state index contributed by atoms with van der Waals surface area (Å²) >= 11 is 0. The zero-order chi connectivity index (χ0) is 15.7. The molecule has 1 unspecified atom stereocenters. The van der Waals surface area contributed by atoms with Gasteiger partial charge in [-0.15, -0.1) is 0 Å². The zero-order valence-corrected chi connectivity index (χ0v) is 14.3. The summed E-state index contributed by atoms with van der Waals surface area (Å²) in [6.45, 7) is 10.9. The van der Waals surface area contributed by atoms with Crippen molar-refractivity contribution in [1.29, 1.82) is 0 Å². The monoisotopic (exact) mass is 297 g/mol. The van der Waals surface area contributed by atoms with Crippen LogP contribution in [0.15, 0.2) is 0 Å². The predicted octanol–water partition coefficient (Wildman–Crippen LogP) is 2.52. The Balaban J connectivity index is 2.21. The van der Waals surface area contributed by atoms with Gasteiger partial charge < -0.3 is 16.0 Å². The summed E-state index contributed by atoms with van der Waals surface area (Å²) in [6.07, 6.45) is 8.12. The van der Waals surface area contributed by atoms with Gasteiger partial charge in [0, 0.05) is 0 Å². The summed E-state index contributed by atoms with van der Waals surface area (Å²) in [7, 11) is 0. The number of nitrogens with two attached hydrogens (primary N) is 1. The van der Waals surface area contributed by atoms with Crippen molar-refractivity contribution in [3.8, 4) is 0 Å². The van der Waals surface area contributed by atoms with Crippen LogP contribution in [0.4, 0.5) is 0 Å². The molecule has 0 aromatic carbocycles. The standard InChI is InChI=1S/C17H35N3O/c1-4-11-19-17(3,16(18)21)10-6-7-12-20-13-8-15(5-2)9-14-20/h15,19H,4-14H2,1-3H3,(H2,18,21). The van der Waals surface area contributed by atoms with Crippen LogP contribution in [0.25, 0.3) is 0 Å². The van der Waals surface area contributed by atoms with Gasteiger partial charge in [-0.05, 0) is 77.5 Å². The number of piperidine rings is 1. The quantitative estimate of drug-likeness (QED) is 0.609. The Morgan fingerprint density at radius 2 is 1.95 bits per heavy atom. The molecule has 0 bridgehead atoms. The van der Waals surface area contributed by atoms with Gasteiger partial charge in [0.2, 0.25) is 5.91 Å². The Morgan fingerprint density at radius 1 is 1.29 bits per heavy atom. The van der Waals surface area contributed by atoms with Crippen molar-refractivity contribution >= 4 is 5.91 Å². The molecule has 124 valence electrons. The molecule has 4 heteroatoms. The summed E-state index contributed by atoms with van der Waals surface area (Å²) in [4.78, 5) is 14.2. The number of nitrogens with zero attached hydrogens (tertiary/aromatic N) is 1. The van der Waals surface area contributed by atoms with E-state index >= 15 is 0 Å². The highest BCUT2D eigenvalue weighted by molar-refractivity contribution is 5.84. The molecule has 1 aliphatic rings. The third-order valence-electron chi connectivity index (χ3n) is 4.99. The lowest BCUT2D eigenvalue weighted by Gasteiger charge is -2.32. The fourth-order valence-electron chi connectivity index (χ4n) is 3.13. The molecule has 1 atom stereocenters. The first-order valence-corrected chi connectivity index (χ1v) is 8.79. The molecule has 1 fully saturated rings. The smallest absolute Gasteiger partial charge is 0.237 e. The highest BCUT2D eigenvalue weighted by Crippen LogP contribution is 2.20. The number of amides is 1. The van der Waals surface area contributed by atoms with Crippen LogP contribution in [0, 0.1) is 5.92 Å². The number of unbranched alkanes of at least 4 members (excludes halogenated alkanes) is 1. The Morgan fingerprint density at radius 3 is 2.48 bits per heavy atom. The molecule has 0 aromatic rings. The van der Waals surface area contributed by atoms with Crippen LogP contribution in [0.5, 0.6) is 0 Å². The van der Waals surface area contributed by atoms with Crippen molar-refractivity contribution in [2.45, 2.75) is 71.3 Å². The van der Waals surface area contributed by atoms with Gasteiger partial charge in [-0.1, -0.05) is 20.3 Å². The Bertz CT molecular complexity index is 300. The van der Waals surface area contributed by atoms with Crippen LogP contribution < -0.4 is 11.1 Å². The lowest BCUT2D eigenvalue weighted by Crippen LogP contribution is -2.53. The lowest BCUT2D eigenvalue weighted by molar-refractivity contribution is -0.124. The largest absolute Gasteiger partial charge is 0.368 e. The predicted molar refractivity (Wildman–Crippen MR) is 89.2 cm³/mol. The van der Waals surface area contributed by atoms with E-state index in [-0.39, 0.29) is 5.91 Å². The maximum atomic E-state index is 11.6. The molecule has 0 radical (unpaired) electrons. The minimum atomic E-state index is -0.536. The van der Waals surface area contributed by atoms with Crippen molar-refractivity contribution in [3.63, 3.8) is 0 Å². The molecular formula is C17H35N3O. The van der Waals surface area contributed by atoms with Gasteiger partial charge >= 0.3 is 0 Å². The molecule has 21 heavy (non-hydrogen) atoms. The van der Waals surface area contributed by atoms with Crippen LogP contribution in [-0.2, 0) is 4.79 Å². The molecule has 1 heterocycles. The second-order valence-corrected chi connectivity index (χ2v) is 6.77. The van der Waals surface area contributed by atoms with Crippen LogP contribution in [-0.4, -0.2) is 42.5 Å². The lowest BCUT2D eigenvalue weighted by atomic mass is 9.92. The van der Waals surface area contributed by atoms with E-state index in [4.69, 9.17) is 5.73 Å². The van der Waals surface area contributed by atoms with Gasteiger partial charge in [0.25, 0.3) is 0 Å². The fraction of sp³-hybridized carbons (Fsp3) is 0.941. The molecule has 0 spiro atoms. The molecule has 4 nitrogen and oxygen atoms in total. The van der Waals surface area contributed by atoms with Gasteiger partial charge in [0.05, 0.1) is 5.54 Å². The molecule has 0 aromatic heterocycles. The summed E-state index contributed by atoms with van der Waals surface area (Å²) in [6, 6.07) is 0. The van der Waals surface area contributed by atoms with Crippen molar-refractivity contribution in [2.24, 2.45) is 11.7 Å². The first-order chi connectivity index (χ1) is 10.0. The van der Waals surface area contributed by atoms with Gasteiger partial charge in [-0.2, -0.15) is 0 Å². The Kier molecular flexibility index (Phi) is 8.27. The molecule has 1 rings (SSSR count). The van der Waals surface area contributed by atoms with E-state index in [9.17, 15) is 4.79 Å². The molecule has 3 N–H and O–H groups in total. The van der Waals surface area contributed by atoms with Crippen LogP contribution in [0.1, 0.15) is 65.7 Å². The van der Waals surface area contributed by atoms with Gasteiger partial charge in [-0.3, -0.25) is 4.79 Å². The first kappa shape index (κ1) is 18.4. The second kappa shape index (κ2) is 9.42. The number of nitrogens with one attached hydrogen (secondary N) is 1. The van der Waals surface area contributed by atoms with Crippen LogP contribution in [0.2, 0.25) is 0 Å². The third-order valence-corrected chi connectivity index (χ3v) is 4.99. The average Bonchev–Trinajstić information content (AvgIpc) is 2.50. The molecule has 1 aliphatic heterocycles.